The Bertz CT molecular complexity index is 438. The normalized spacial score (nSPS) is 17.3. The van der Waals surface area contributed by atoms with Gasteiger partial charge < -0.3 is 20.3 Å². The van der Waals surface area contributed by atoms with Crippen LogP contribution in [0.3, 0.4) is 0 Å². The van der Waals surface area contributed by atoms with Crippen molar-refractivity contribution in [2.24, 2.45) is 11.7 Å². The summed E-state index contributed by atoms with van der Waals surface area (Å²) in [6.07, 6.45) is 1.50. The van der Waals surface area contributed by atoms with Gasteiger partial charge in [-0.3, -0.25) is 0 Å². The average Bonchev–Trinajstić information content (AvgIpc) is 3.20. The fraction of sp³-hybridized carbons (Fsp3) is 0.538. The highest BCUT2D eigenvalue weighted by atomic mass is 35.5. The van der Waals surface area contributed by atoms with Gasteiger partial charge in [0.2, 0.25) is 0 Å². The number of hydrogen-bond donors (Lipinski definition) is 2. The minimum Gasteiger partial charge on any atom is -0.493 e. The van der Waals surface area contributed by atoms with Crippen LogP contribution in [0.25, 0.3) is 0 Å². The van der Waals surface area contributed by atoms with E-state index in [9.17, 15) is 5.11 Å². The van der Waals surface area contributed by atoms with Gasteiger partial charge in [0.1, 0.15) is 0 Å². The summed E-state index contributed by atoms with van der Waals surface area (Å²) in [5.74, 6) is 1.30. The Morgan fingerprint density at radius 3 is 2.42 bits per heavy atom. The first-order valence-corrected chi connectivity index (χ1v) is 6.32. The molecule has 3 N–H and O–H groups in total. The van der Waals surface area contributed by atoms with Gasteiger partial charge in [0.15, 0.2) is 11.5 Å². The maximum atomic E-state index is 10.1. The number of ether oxygens (including phenoxy) is 2. The zero-order chi connectivity index (χ0) is 13.3. The lowest BCUT2D eigenvalue weighted by Crippen LogP contribution is -2.28. The van der Waals surface area contributed by atoms with Crippen molar-refractivity contribution in [2.75, 3.05) is 14.2 Å². The van der Waals surface area contributed by atoms with Crippen LogP contribution in [0.2, 0.25) is 5.02 Å². The first-order valence-electron chi connectivity index (χ1n) is 5.94. The predicted molar refractivity (Wildman–Crippen MR) is 77.5 cm³/mol. The summed E-state index contributed by atoms with van der Waals surface area (Å²) in [6.45, 7) is 0. The number of halogens is 2. The first kappa shape index (κ1) is 16.4. The molecule has 4 nitrogen and oxygen atoms in total. The molecule has 0 amide bonds. The second-order valence-corrected chi connectivity index (χ2v) is 4.94. The number of hydrogen-bond acceptors (Lipinski definition) is 4. The van der Waals surface area contributed by atoms with Crippen molar-refractivity contribution in [1.29, 1.82) is 0 Å². The van der Waals surface area contributed by atoms with Crippen molar-refractivity contribution in [3.63, 3.8) is 0 Å². The molecule has 19 heavy (non-hydrogen) atoms. The van der Waals surface area contributed by atoms with Crippen molar-refractivity contribution < 1.29 is 14.6 Å². The number of benzene rings is 1. The van der Waals surface area contributed by atoms with Crippen molar-refractivity contribution in [3.05, 3.63) is 22.7 Å². The molecular weight excluding hydrogens is 289 g/mol. The van der Waals surface area contributed by atoms with Gasteiger partial charge >= 0.3 is 0 Å². The lowest BCUT2D eigenvalue weighted by Gasteiger charge is -2.21. The number of nitrogens with two attached hydrogens (primary N) is 1. The molecule has 108 valence electrons. The Morgan fingerprint density at radius 2 is 1.95 bits per heavy atom. The monoisotopic (exact) mass is 307 g/mol. The van der Waals surface area contributed by atoms with E-state index < -0.39 is 12.1 Å². The minimum atomic E-state index is -0.555. The zero-order valence-electron chi connectivity index (χ0n) is 10.9. The molecule has 1 aliphatic carbocycles. The molecule has 2 atom stereocenters. The molecule has 1 fully saturated rings. The molecule has 2 rings (SSSR count). The largest absolute Gasteiger partial charge is 0.493 e. The topological polar surface area (TPSA) is 64.7 Å². The van der Waals surface area contributed by atoms with Crippen molar-refractivity contribution in [2.45, 2.75) is 25.0 Å². The third-order valence-electron chi connectivity index (χ3n) is 3.35. The van der Waals surface area contributed by atoms with Crippen LogP contribution in [-0.4, -0.2) is 25.4 Å². The summed E-state index contributed by atoms with van der Waals surface area (Å²) in [4.78, 5) is 0. The van der Waals surface area contributed by atoms with Crippen molar-refractivity contribution >= 4 is 24.0 Å². The molecule has 0 spiro atoms. The van der Waals surface area contributed by atoms with Gasteiger partial charge in [-0.15, -0.1) is 12.4 Å². The third-order valence-corrected chi connectivity index (χ3v) is 3.74. The number of aliphatic hydroxyl groups excluding tert-OH is 1. The highest BCUT2D eigenvalue weighted by molar-refractivity contribution is 6.33. The summed E-state index contributed by atoms with van der Waals surface area (Å²) in [6, 6.07) is 3.03. The predicted octanol–water partition coefficient (Wildman–Crippen LogP) is 2.55. The second-order valence-electron chi connectivity index (χ2n) is 4.56. The van der Waals surface area contributed by atoms with Crippen LogP contribution in [0.15, 0.2) is 12.1 Å². The maximum absolute atomic E-state index is 10.1. The van der Waals surface area contributed by atoms with Gasteiger partial charge in [0.05, 0.1) is 31.4 Å². The Labute approximate surface area is 124 Å². The van der Waals surface area contributed by atoms with Gasteiger partial charge in [-0.2, -0.15) is 0 Å². The highest BCUT2D eigenvalue weighted by Gasteiger charge is 2.35. The molecule has 1 aliphatic rings. The maximum Gasteiger partial charge on any atom is 0.179 e. The molecular formula is C13H19Cl2NO3. The van der Waals surface area contributed by atoms with Crippen LogP contribution in [0.1, 0.15) is 24.4 Å². The lowest BCUT2D eigenvalue weighted by atomic mass is 9.98. The summed E-state index contributed by atoms with van der Waals surface area (Å²) in [5, 5.41) is 10.5. The first-order chi connectivity index (χ1) is 8.60. The molecule has 0 heterocycles. The molecule has 0 bridgehead atoms. The molecule has 6 heteroatoms. The van der Waals surface area contributed by atoms with E-state index in [1.165, 1.54) is 7.11 Å². The van der Waals surface area contributed by atoms with Crippen molar-refractivity contribution in [1.82, 2.24) is 0 Å². The zero-order valence-corrected chi connectivity index (χ0v) is 12.5. The highest BCUT2D eigenvalue weighted by Crippen LogP contribution is 2.43. The Balaban J connectivity index is 0.00000180. The van der Waals surface area contributed by atoms with E-state index in [1.807, 2.05) is 0 Å². The van der Waals surface area contributed by atoms with E-state index in [-0.39, 0.29) is 12.4 Å². The number of methoxy groups -OCH3 is 2. The second kappa shape index (κ2) is 6.66. The van der Waals surface area contributed by atoms with Gasteiger partial charge in [0, 0.05) is 0 Å². The quantitative estimate of drug-likeness (QED) is 0.877. The summed E-state index contributed by atoms with van der Waals surface area (Å²) in [7, 11) is 3.07. The molecule has 0 unspecified atom stereocenters. The molecule has 1 aromatic carbocycles. The van der Waals surface area contributed by atoms with E-state index >= 15 is 0 Å². The van der Waals surface area contributed by atoms with Crippen LogP contribution in [0.5, 0.6) is 11.5 Å². The van der Waals surface area contributed by atoms with Crippen LogP contribution < -0.4 is 15.2 Å². The summed E-state index contributed by atoms with van der Waals surface area (Å²) in [5.41, 5.74) is 6.75. The van der Waals surface area contributed by atoms with Gasteiger partial charge in [-0.1, -0.05) is 17.7 Å². The average molecular weight is 308 g/mol. The van der Waals surface area contributed by atoms with E-state index in [0.717, 1.165) is 12.8 Å². The Kier molecular flexibility index (Phi) is 5.74. The minimum absolute atomic E-state index is 0. The molecule has 1 saturated carbocycles. The van der Waals surface area contributed by atoms with Crippen LogP contribution >= 0.6 is 24.0 Å². The summed E-state index contributed by atoms with van der Waals surface area (Å²) < 4.78 is 10.4. The smallest absolute Gasteiger partial charge is 0.179 e. The Hall–Kier alpha value is -0.680. The summed E-state index contributed by atoms with van der Waals surface area (Å²) >= 11 is 6.26. The van der Waals surface area contributed by atoms with E-state index in [0.29, 0.717) is 28.0 Å². The van der Waals surface area contributed by atoms with Crippen LogP contribution in [-0.2, 0) is 0 Å². The van der Waals surface area contributed by atoms with E-state index in [1.54, 1.807) is 19.2 Å². The molecule has 1 aromatic rings. The van der Waals surface area contributed by atoms with Gasteiger partial charge in [-0.25, -0.2) is 0 Å². The molecule has 0 aromatic heterocycles. The number of aliphatic hydroxyl groups is 1. The van der Waals surface area contributed by atoms with Gasteiger partial charge in [-0.05, 0) is 30.4 Å². The lowest BCUT2D eigenvalue weighted by molar-refractivity contribution is 0.122. The fourth-order valence-electron chi connectivity index (χ4n) is 2.08. The molecule has 0 radical (unpaired) electrons. The van der Waals surface area contributed by atoms with E-state index in [4.69, 9.17) is 26.8 Å². The van der Waals surface area contributed by atoms with Crippen LogP contribution in [0.4, 0.5) is 0 Å². The standard InChI is InChI=1S/C13H18ClNO3.ClH/c1-17-9-6-5-8(10(14)13(9)18-2)11(15)12(16)7-3-4-7;/h5-7,11-12,16H,3-4,15H2,1-2H3;1H/t11-,12+;/m0./s1. The van der Waals surface area contributed by atoms with Crippen molar-refractivity contribution in [3.8, 4) is 11.5 Å². The third kappa shape index (κ3) is 3.26. The van der Waals surface area contributed by atoms with Gasteiger partial charge in [0.25, 0.3) is 0 Å². The fourth-order valence-corrected chi connectivity index (χ4v) is 2.44. The van der Waals surface area contributed by atoms with E-state index in [2.05, 4.69) is 0 Å². The molecule has 0 aliphatic heterocycles. The Morgan fingerprint density at radius 1 is 1.32 bits per heavy atom. The number of rotatable bonds is 5. The SMILES string of the molecule is COc1ccc([C@H](N)[C@H](O)C2CC2)c(Cl)c1OC.Cl. The van der Waals surface area contributed by atoms with Crippen LogP contribution in [0, 0.1) is 5.92 Å². The molecule has 0 saturated heterocycles.